The van der Waals surface area contributed by atoms with E-state index in [2.05, 4.69) is 27.7 Å². The summed E-state index contributed by atoms with van der Waals surface area (Å²) in [5.41, 5.74) is 0.622. The molecule has 0 heterocycles. The van der Waals surface area contributed by atoms with Gasteiger partial charge in [0.2, 0.25) is 0 Å². The van der Waals surface area contributed by atoms with E-state index in [1.54, 1.807) is 0 Å². The topological polar surface area (TPSA) is 17.1 Å². The highest BCUT2D eigenvalue weighted by Crippen LogP contribution is 2.66. The van der Waals surface area contributed by atoms with Gasteiger partial charge in [0.1, 0.15) is 5.78 Å². The van der Waals surface area contributed by atoms with E-state index >= 15 is 0 Å². The Morgan fingerprint density at radius 1 is 0.909 bits per heavy atom. The zero-order valence-electron chi connectivity index (χ0n) is 15.0. The molecule has 3 unspecified atom stereocenters. The lowest BCUT2D eigenvalue weighted by molar-refractivity contribution is -0.141. The van der Waals surface area contributed by atoms with Gasteiger partial charge in [-0.05, 0) is 80.0 Å². The lowest BCUT2D eigenvalue weighted by atomic mass is 9.45. The second-order valence-electron chi connectivity index (χ2n) is 9.99. The van der Waals surface area contributed by atoms with E-state index in [1.165, 1.54) is 51.4 Å². The second-order valence-corrected chi connectivity index (χ2v) is 9.99. The largest absolute Gasteiger partial charge is 0.299 e. The summed E-state index contributed by atoms with van der Waals surface area (Å²) in [5, 5.41) is 0. The minimum atomic E-state index is 0.0335. The van der Waals surface area contributed by atoms with Gasteiger partial charge in [0, 0.05) is 11.3 Å². The Hall–Kier alpha value is -0.330. The fourth-order valence-electron chi connectivity index (χ4n) is 7.58. The Bertz CT molecular complexity index is 482. The van der Waals surface area contributed by atoms with E-state index in [1.807, 2.05) is 0 Å². The van der Waals surface area contributed by atoms with Gasteiger partial charge in [0.25, 0.3) is 0 Å². The van der Waals surface area contributed by atoms with Gasteiger partial charge in [-0.3, -0.25) is 4.79 Å². The molecule has 4 aliphatic rings. The maximum atomic E-state index is 12.7. The number of ketones is 1. The highest BCUT2D eigenvalue weighted by atomic mass is 16.1. The molecule has 8 atom stereocenters. The first-order chi connectivity index (χ1) is 10.4. The molecule has 0 saturated heterocycles. The van der Waals surface area contributed by atoms with Gasteiger partial charge < -0.3 is 0 Å². The van der Waals surface area contributed by atoms with Gasteiger partial charge in [-0.25, -0.2) is 0 Å². The van der Waals surface area contributed by atoms with Crippen LogP contribution in [0.5, 0.6) is 0 Å². The van der Waals surface area contributed by atoms with Crippen LogP contribution in [0.15, 0.2) is 0 Å². The molecule has 124 valence electrons. The molecule has 0 aromatic carbocycles. The first-order valence-corrected chi connectivity index (χ1v) is 9.90. The summed E-state index contributed by atoms with van der Waals surface area (Å²) in [4.78, 5) is 12.7. The lowest BCUT2D eigenvalue weighted by Crippen LogP contribution is -2.53. The molecule has 4 aliphatic carbocycles. The maximum Gasteiger partial charge on any atom is 0.141 e. The van der Waals surface area contributed by atoms with Gasteiger partial charge in [-0.15, -0.1) is 0 Å². The molecule has 0 amide bonds. The zero-order chi connectivity index (χ0) is 15.7. The number of carbonyl (C=O) groups is 1. The molecule has 0 aromatic rings. The average molecular weight is 303 g/mol. The van der Waals surface area contributed by atoms with Crippen LogP contribution in [0.25, 0.3) is 0 Å². The second kappa shape index (κ2) is 4.84. The third kappa shape index (κ3) is 1.86. The summed E-state index contributed by atoms with van der Waals surface area (Å²) in [7, 11) is 0. The normalized spacial score (nSPS) is 57.9. The van der Waals surface area contributed by atoms with Crippen molar-refractivity contribution in [2.45, 2.75) is 79.1 Å². The van der Waals surface area contributed by atoms with Gasteiger partial charge in [-0.1, -0.05) is 34.1 Å². The smallest absolute Gasteiger partial charge is 0.141 e. The number of fused-ring (bicyclic) bond motifs is 5. The van der Waals surface area contributed by atoms with Crippen LogP contribution < -0.4 is 0 Å². The third-order valence-electron chi connectivity index (χ3n) is 8.94. The van der Waals surface area contributed by atoms with E-state index < -0.39 is 0 Å². The van der Waals surface area contributed by atoms with Crippen molar-refractivity contribution in [3.8, 4) is 0 Å². The number of rotatable bonds is 0. The molecule has 4 saturated carbocycles. The fraction of sp³-hybridized carbons (Fsp3) is 0.952. The molecule has 4 rings (SSSR count). The van der Waals surface area contributed by atoms with Gasteiger partial charge >= 0.3 is 0 Å². The Morgan fingerprint density at radius 3 is 2.45 bits per heavy atom. The van der Waals surface area contributed by atoms with Crippen molar-refractivity contribution in [2.75, 3.05) is 0 Å². The molecular weight excluding hydrogens is 268 g/mol. The van der Waals surface area contributed by atoms with Crippen molar-refractivity contribution in [2.24, 2.45) is 46.3 Å². The van der Waals surface area contributed by atoms with Crippen molar-refractivity contribution in [3.05, 3.63) is 0 Å². The Morgan fingerprint density at radius 2 is 1.68 bits per heavy atom. The SMILES string of the molecule is CC1CC[C@@]2(C)C(CC[C@@H]3[C@H]2CC[C@]2(C)C(=O)C(C)C[C@@H]32)C1. The van der Waals surface area contributed by atoms with Crippen LogP contribution in [-0.4, -0.2) is 5.78 Å². The van der Waals surface area contributed by atoms with E-state index in [-0.39, 0.29) is 5.41 Å². The monoisotopic (exact) mass is 302 g/mol. The molecule has 1 heteroatoms. The highest BCUT2D eigenvalue weighted by Gasteiger charge is 2.61. The van der Waals surface area contributed by atoms with Crippen LogP contribution in [-0.2, 0) is 4.79 Å². The average Bonchev–Trinajstić information content (AvgIpc) is 2.72. The molecule has 0 aromatic heterocycles. The van der Waals surface area contributed by atoms with Crippen LogP contribution in [0, 0.1) is 46.3 Å². The summed E-state index contributed by atoms with van der Waals surface area (Å²) < 4.78 is 0. The third-order valence-corrected chi connectivity index (χ3v) is 8.94. The molecule has 22 heavy (non-hydrogen) atoms. The molecule has 4 fully saturated rings. The Labute approximate surface area is 136 Å². The van der Waals surface area contributed by atoms with Crippen molar-refractivity contribution in [1.29, 1.82) is 0 Å². The molecule has 0 radical (unpaired) electrons. The van der Waals surface area contributed by atoms with Crippen LogP contribution in [0.4, 0.5) is 0 Å². The Kier molecular flexibility index (Phi) is 3.34. The van der Waals surface area contributed by atoms with Gasteiger partial charge in [-0.2, -0.15) is 0 Å². The predicted molar refractivity (Wildman–Crippen MR) is 90.4 cm³/mol. The first-order valence-electron chi connectivity index (χ1n) is 9.90. The van der Waals surface area contributed by atoms with Crippen molar-refractivity contribution >= 4 is 5.78 Å². The number of hydrogen-bond donors (Lipinski definition) is 0. The number of Topliss-reactive ketones (excluding diaryl/α,β-unsaturated/α-hetero) is 1. The molecule has 0 bridgehead atoms. The minimum Gasteiger partial charge on any atom is -0.299 e. The van der Waals surface area contributed by atoms with Crippen molar-refractivity contribution in [3.63, 3.8) is 0 Å². The van der Waals surface area contributed by atoms with Crippen LogP contribution in [0.3, 0.4) is 0 Å². The van der Waals surface area contributed by atoms with Crippen LogP contribution in [0.2, 0.25) is 0 Å². The minimum absolute atomic E-state index is 0.0335. The van der Waals surface area contributed by atoms with E-state index in [0.717, 1.165) is 23.7 Å². The first kappa shape index (κ1) is 15.2. The quantitative estimate of drug-likeness (QED) is 0.579. The number of hydrogen-bond acceptors (Lipinski definition) is 1. The fourth-order valence-corrected chi connectivity index (χ4v) is 7.58. The number of carbonyl (C=O) groups excluding carboxylic acids is 1. The molecular formula is C21H34O. The van der Waals surface area contributed by atoms with E-state index in [9.17, 15) is 4.79 Å². The van der Waals surface area contributed by atoms with E-state index in [0.29, 0.717) is 23.0 Å². The summed E-state index contributed by atoms with van der Waals surface area (Å²) in [6.45, 7) is 9.60. The Balaban J connectivity index is 1.64. The summed E-state index contributed by atoms with van der Waals surface area (Å²) in [6, 6.07) is 0. The van der Waals surface area contributed by atoms with Crippen molar-refractivity contribution < 1.29 is 4.79 Å². The lowest BCUT2D eigenvalue weighted by Gasteiger charge is -2.60. The highest BCUT2D eigenvalue weighted by molar-refractivity contribution is 5.89. The standard InChI is InChI=1S/C21H34O/c1-13-7-9-20(3)15(11-13)5-6-16-17(20)8-10-21(4)18(16)12-14(2)19(21)22/h13-18H,5-12H2,1-4H3/t13?,14?,15?,16-,17-,18+,20+,21+/m1/s1. The predicted octanol–water partition coefficient (Wildman–Crippen LogP) is 5.48. The summed E-state index contributed by atoms with van der Waals surface area (Å²) >= 11 is 0. The molecule has 0 aliphatic heterocycles. The van der Waals surface area contributed by atoms with Crippen LogP contribution in [0.1, 0.15) is 79.1 Å². The maximum absolute atomic E-state index is 12.7. The molecule has 1 nitrogen and oxygen atoms in total. The summed E-state index contributed by atoms with van der Waals surface area (Å²) in [5.74, 6) is 5.29. The van der Waals surface area contributed by atoms with Gasteiger partial charge in [0.15, 0.2) is 0 Å². The van der Waals surface area contributed by atoms with Crippen molar-refractivity contribution in [1.82, 2.24) is 0 Å². The molecule has 0 spiro atoms. The molecule has 0 N–H and O–H groups in total. The zero-order valence-corrected chi connectivity index (χ0v) is 15.0. The van der Waals surface area contributed by atoms with Gasteiger partial charge in [0.05, 0.1) is 0 Å². The summed E-state index contributed by atoms with van der Waals surface area (Å²) in [6.07, 6.45) is 10.9. The van der Waals surface area contributed by atoms with Crippen LogP contribution >= 0.6 is 0 Å². The van der Waals surface area contributed by atoms with E-state index in [4.69, 9.17) is 0 Å².